The number of cyclic esters (lactones) is 1. The van der Waals surface area contributed by atoms with Crippen LogP contribution in [0.25, 0.3) is 0 Å². The molecule has 1 heterocycles. The fourth-order valence-electron chi connectivity index (χ4n) is 3.91. The van der Waals surface area contributed by atoms with Gasteiger partial charge in [0.25, 0.3) is 0 Å². The highest BCUT2D eigenvalue weighted by molar-refractivity contribution is 5.89. The summed E-state index contributed by atoms with van der Waals surface area (Å²) in [7, 11) is 0. The number of hydrogen-bond acceptors (Lipinski definition) is 7. The monoisotopic (exact) mass is 444 g/mol. The Bertz CT molecular complexity index is 520. The van der Waals surface area contributed by atoms with Crippen molar-refractivity contribution in [1.82, 2.24) is 0 Å². The first-order chi connectivity index (χ1) is 15.0. The summed E-state index contributed by atoms with van der Waals surface area (Å²) in [6, 6.07) is 0. The van der Waals surface area contributed by atoms with Crippen LogP contribution in [0, 0.1) is 0 Å². The van der Waals surface area contributed by atoms with Crippen LogP contribution in [0.15, 0.2) is 11.5 Å². The summed E-state index contributed by atoms with van der Waals surface area (Å²) in [4.78, 5) is 11.4. The SMILES string of the molecule is CCCCCCCCCCCCCCCCCCO[C@]1([C@@H](O)CO)OC(=O)C(O)=C1O. The van der Waals surface area contributed by atoms with E-state index in [1.807, 2.05) is 0 Å². The van der Waals surface area contributed by atoms with Crippen molar-refractivity contribution in [2.45, 2.75) is 122 Å². The normalized spacial score (nSPS) is 19.8. The molecule has 7 nitrogen and oxygen atoms in total. The summed E-state index contributed by atoms with van der Waals surface area (Å²) in [5, 5.41) is 38.4. The zero-order chi connectivity index (χ0) is 23.0. The maximum absolute atomic E-state index is 11.4. The van der Waals surface area contributed by atoms with Gasteiger partial charge in [-0.15, -0.1) is 0 Å². The third kappa shape index (κ3) is 9.79. The number of hydrogen-bond donors (Lipinski definition) is 4. The lowest BCUT2D eigenvalue weighted by Crippen LogP contribution is -2.49. The second-order valence-electron chi connectivity index (χ2n) is 8.60. The first-order valence-corrected chi connectivity index (χ1v) is 12.3. The van der Waals surface area contributed by atoms with Gasteiger partial charge in [0.2, 0.25) is 11.5 Å². The molecule has 182 valence electrons. The molecule has 0 bridgehead atoms. The van der Waals surface area contributed by atoms with E-state index in [0.29, 0.717) is 6.42 Å². The Morgan fingerprint density at radius 1 is 0.806 bits per heavy atom. The van der Waals surface area contributed by atoms with Crippen molar-refractivity contribution in [1.29, 1.82) is 0 Å². The van der Waals surface area contributed by atoms with Gasteiger partial charge in [0.1, 0.15) is 0 Å². The molecule has 0 aromatic heterocycles. The molecule has 0 aromatic rings. The van der Waals surface area contributed by atoms with Gasteiger partial charge in [-0.3, -0.25) is 0 Å². The van der Waals surface area contributed by atoms with E-state index in [1.54, 1.807) is 0 Å². The minimum atomic E-state index is -2.22. The van der Waals surface area contributed by atoms with Crippen LogP contribution in [-0.4, -0.2) is 51.5 Å². The fraction of sp³-hybridized carbons (Fsp3) is 0.875. The zero-order valence-electron chi connectivity index (χ0n) is 19.3. The van der Waals surface area contributed by atoms with Gasteiger partial charge < -0.3 is 29.9 Å². The molecule has 7 heteroatoms. The van der Waals surface area contributed by atoms with Crippen LogP contribution in [0.2, 0.25) is 0 Å². The van der Waals surface area contributed by atoms with Gasteiger partial charge in [0, 0.05) is 0 Å². The molecule has 0 radical (unpaired) electrons. The zero-order valence-corrected chi connectivity index (χ0v) is 19.3. The summed E-state index contributed by atoms with van der Waals surface area (Å²) < 4.78 is 10.2. The molecule has 31 heavy (non-hydrogen) atoms. The minimum absolute atomic E-state index is 0.125. The van der Waals surface area contributed by atoms with Crippen LogP contribution in [0.3, 0.4) is 0 Å². The van der Waals surface area contributed by atoms with Crippen molar-refractivity contribution in [3.05, 3.63) is 11.5 Å². The maximum atomic E-state index is 11.4. The van der Waals surface area contributed by atoms with Gasteiger partial charge in [-0.25, -0.2) is 4.79 Å². The highest BCUT2D eigenvalue weighted by Crippen LogP contribution is 2.34. The second-order valence-corrected chi connectivity index (χ2v) is 8.60. The van der Waals surface area contributed by atoms with Gasteiger partial charge in [0.15, 0.2) is 6.10 Å². The molecule has 0 saturated carbocycles. The average Bonchev–Trinajstić information content (AvgIpc) is 2.99. The molecule has 1 aliphatic rings. The Balaban J connectivity index is 1.99. The van der Waals surface area contributed by atoms with E-state index in [4.69, 9.17) is 14.6 Å². The molecule has 0 fully saturated rings. The van der Waals surface area contributed by atoms with Crippen LogP contribution in [0.4, 0.5) is 0 Å². The lowest BCUT2D eigenvalue weighted by atomic mass is 10.0. The Hall–Kier alpha value is -1.31. The molecule has 4 N–H and O–H groups in total. The first-order valence-electron chi connectivity index (χ1n) is 12.3. The quantitative estimate of drug-likeness (QED) is 0.151. The number of carbonyl (C=O) groups is 1. The third-order valence-electron chi connectivity index (χ3n) is 5.92. The standard InChI is InChI=1S/C24H44O7/c1-2-3-4-5-6-7-8-9-10-11-12-13-14-15-16-17-18-30-24(20(26)19-25)22(28)21(27)23(29)31-24/h20,25-28H,2-19H2,1H3/t20-,24+/m0/s1. The highest BCUT2D eigenvalue weighted by Gasteiger charge is 2.55. The number of rotatable bonds is 20. The van der Waals surface area contributed by atoms with Crippen molar-refractivity contribution in [2.75, 3.05) is 13.2 Å². The van der Waals surface area contributed by atoms with Crippen molar-refractivity contribution in [3.63, 3.8) is 0 Å². The summed E-state index contributed by atoms with van der Waals surface area (Å²) in [6.07, 6.45) is 18.2. The molecular formula is C24H44O7. The third-order valence-corrected chi connectivity index (χ3v) is 5.92. The number of esters is 1. The van der Waals surface area contributed by atoms with E-state index < -0.39 is 36.0 Å². The number of aliphatic hydroxyl groups is 4. The highest BCUT2D eigenvalue weighted by atomic mass is 16.7. The van der Waals surface area contributed by atoms with E-state index in [9.17, 15) is 20.1 Å². The summed E-state index contributed by atoms with van der Waals surface area (Å²) in [5.74, 6) is -5.29. The number of unbranched alkanes of at least 4 members (excludes halogenated alkanes) is 15. The van der Waals surface area contributed by atoms with E-state index in [1.165, 1.54) is 77.0 Å². The van der Waals surface area contributed by atoms with Gasteiger partial charge in [-0.1, -0.05) is 103 Å². The second kappa shape index (κ2) is 16.3. The predicted octanol–water partition coefficient (Wildman–Crippen LogP) is 5.20. The largest absolute Gasteiger partial charge is 0.503 e. The van der Waals surface area contributed by atoms with Crippen molar-refractivity contribution in [2.24, 2.45) is 0 Å². The van der Waals surface area contributed by atoms with Crippen LogP contribution in [0.1, 0.15) is 110 Å². The molecule has 0 spiro atoms. The average molecular weight is 445 g/mol. The Morgan fingerprint density at radius 3 is 1.58 bits per heavy atom. The van der Waals surface area contributed by atoms with Crippen molar-refractivity contribution < 1.29 is 34.7 Å². The Morgan fingerprint density at radius 2 is 1.23 bits per heavy atom. The van der Waals surface area contributed by atoms with E-state index in [2.05, 4.69) is 6.92 Å². The molecule has 1 rings (SSSR count). The molecule has 0 unspecified atom stereocenters. The minimum Gasteiger partial charge on any atom is -0.503 e. The predicted molar refractivity (Wildman–Crippen MR) is 120 cm³/mol. The van der Waals surface area contributed by atoms with Crippen LogP contribution < -0.4 is 0 Å². The summed E-state index contributed by atoms with van der Waals surface area (Å²) in [6.45, 7) is 1.59. The van der Waals surface area contributed by atoms with Crippen LogP contribution >= 0.6 is 0 Å². The molecular weight excluding hydrogens is 400 g/mol. The fourth-order valence-corrected chi connectivity index (χ4v) is 3.91. The van der Waals surface area contributed by atoms with Crippen molar-refractivity contribution >= 4 is 5.97 Å². The molecule has 0 amide bonds. The first kappa shape index (κ1) is 27.7. The smallest absolute Gasteiger partial charge is 0.380 e. The van der Waals surface area contributed by atoms with Gasteiger partial charge in [-0.2, -0.15) is 0 Å². The molecule has 0 aromatic carbocycles. The Kier molecular flexibility index (Phi) is 14.6. The maximum Gasteiger partial charge on any atom is 0.380 e. The summed E-state index contributed by atoms with van der Waals surface area (Å²) in [5.41, 5.74) is 0. The van der Waals surface area contributed by atoms with Gasteiger partial charge in [-0.05, 0) is 6.42 Å². The van der Waals surface area contributed by atoms with Gasteiger partial charge in [0.05, 0.1) is 13.2 Å². The van der Waals surface area contributed by atoms with E-state index in [0.717, 1.165) is 19.3 Å². The molecule has 1 aliphatic heterocycles. The van der Waals surface area contributed by atoms with E-state index in [-0.39, 0.29) is 6.61 Å². The topological polar surface area (TPSA) is 116 Å². The lowest BCUT2D eigenvalue weighted by molar-refractivity contribution is -0.257. The van der Waals surface area contributed by atoms with Crippen molar-refractivity contribution in [3.8, 4) is 0 Å². The van der Waals surface area contributed by atoms with Gasteiger partial charge >= 0.3 is 11.8 Å². The van der Waals surface area contributed by atoms with Crippen LogP contribution in [0.5, 0.6) is 0 Å². The number of aliphatic hydroxyl groups excluding tert-OH is 4. The molecule has 0 aliphatic carbocycles. The molecule has 2 atom stereocenters. The van der Waals surface area contributed by atoms with E-state index >= 15 is 0 Å². The number of carbonyl (C=O) groups excluding carboxylic acids is 1. The van der Waals surface area contributed by atoms with Crippen LogP contribution in [-0.2, 0) is 14.3 Å². The Labute approximate surface area is 187 Å². The lowest BCUT2D eigenvalue weighted by Gasteiger charge is -2.31. The number of ether oxygens (including phenoxy) is 2. The molecule has 0 saturated heterocycles. The summed E-state index contributed by atoms with van der Waals surface area (Å²) >= 11 is 0.